The number of aromatic nitrogens is 5. The SMILES string of the molecule is O=C(N[C@H]1CCN(c2ccc3nncn3n2)C1)OCc1cccnc1. The van der Waals surface area contributed by atoms with Crippen LogP contribution >= 0.6 is 0 Å². The van der Waals surface area contributed by atoms with Crippen molar-refractivity contribution in [2.75, 3.05) is 18.0 Å². The molecule has 3 aromatic rings. The van der Waals surface area contributed by atoms with Crippen molar-refractivity contribution in [3.63, 3.8) is 0 Å². The molecule has 128 valence electrons. The van der Waals surface area contributed by atoms with Crippen LogP contribution in [0.2, 0.25) is 0 Å². The topological polar surface area (TPSA) is 97.5 Å². The molecule has 0 aromatic carbocycles. The van der Waals surface area contributed by atoms with Crippen LogP contribution in [-0.2, 0) is 11.3 Å². The number of amides is 1. The molecule has 0 aliphatic carbocycles. The van der Waals surface area contributed by atoms with Gasteiger partial charge in [-0.15, -0.1) is 15.3 Å². The van der Waals surface area contributed by atoms with E-state index in [1.54, 1.807) is 23.2 Å². The number of fused-ring (bicyclic) bond motifs is 1. The minimum atomic E-state index is -0.419. The first kappa shape index (κ1) is 15.3. The number of pyridine rings is 1. The largest absolute Gasteiger partial charge is 0.445 e. The summed E-state index contributed by atoms with van der Waals surface area (Å²) in [5.41, 5.74) is 1.56. The minimum Gasteiger partial charge on any atom is -0.445 e. The molecule has 25 heavy (non-hydrogen) atoms. The summed E-state index contributed by atoms with van der Waals surface area (Å²) in [5.74, 6) is 0.834. The number of hydrogen-bond acceptors (Lipinski definition) is 7. The highest BCUT2D eigenvalue weighted by Crippen LogP contribution is 2.18. The third kappa shape index (κ3) is 3.49. The van der Waals surface area contributed by atoms with Crippen LogP contribution in [0.1, 0.15) is 12.0 Å². The fourth-order valence-electron chi connectivity index (χ4n) is 2.81. The first-order chi connectivity index (χ1) is 12.3. The van der Waals surface area contributed by atoms with Crippen molar-refractivity contribution in [1.82, 2.24) is 30.1 Å². The van der Waals surface area contributed by atoms with Crippen LogP contribution in [0.25, 0.3) is 5.65 Å². The third-order valence-corrected chi connectivity index (χ3v) is 4.07. The van der Waals surface area contributed by atoms with Gasteiger partial charge in [-0.25, -0.2) is 4.79 Å². The second-order valence-electron chi connectivity index (χ2n) is 5.84. The zero-order chi connectivity index (χ0) is 17.1. The average Bonchev–Trinajstić information content (AvgIpc) is 3.29. The van der Waals surface area contributed by atoms with Gasteiger partial charge in [-0.2, -0.15) is 4.52 Å². The Bertz CT molecular complexity index is 867. The molecule has 1 fully saturated rings. The summed E-state index contributed by atoms with van der Waals surface area (Å²) in [7, 11) is 0. The van der Waals surface area contributed by atoms with Crippen LogP contribution < -0.4 is 10.2 Å². The molecule has 9 nitrogen and oxygen atoms in total. The summed E-state index contributed by atoms with van der Waals surface area (Å²) in [6.07, 6.45) is 5.35. The molecular weight excluding hydrogens is 322 g/mol. The van der Waals surface area contributed by atoms with E-state index < -0.39 is 6.09 Å². The number of nitrogens with zero attached hydrogens (tertiary/aromatic N) is 6. The molecule has 0 bridgehead atoms. The number of rotatable bonds is 4. The van der Waals surface area contributed by atoms with Gasteiger partial charge >= 0.3 is 6.09 Å². The Kier molecular flexibility index (Phi) is 4.11. The highest BCUT2D eigenvalue weighted by molar-refractivity contribution is 5.68. The predicted molar refractivity (Wildman–Crippen MR) is 89.0 cm³/mol. The first-order valence-corrected chi connectivity index (χ1v) is 8.02. The van der Waals surface area contributed by atoms with Gasteiger partial charge in [0, 0.05) is 31.0 Å². The van der Waals surface area contributed by atoms with Crippen molar-refractivity contribution in [2.24, 2.45) is 0 Å². The quantitative estimate of drug-likeness (QED) is 0.758. The van der Waals surface area contributed by atoms with Gasteiger partial charge in [-0.05, 0) is 24.6 Å². The van der Waals surface area contributed by atoms with Gasteiger partial charge in [-0.1, -0.05) is 6.07 Å². The Hall–Kier alpha value is -3.23. The monoisotopic (exact) mass is 339 g/mol. The fourth-order valence-corrected chi connectivity index (χ4v) is 2.81. The summed E-state index contributed by atoms with van der Waals surface area (Å²) in [5, 5.41) is 15.1. The highest BCUT2D eigenvalue weighted by Gasteiger charge is 2.25. The van der Waals surface area contributed by atoms with Crippen LogP contribution in [0.5, 0.6) is 0 Å². The molecule has 3 aromatic heterocycles. The van der Waals surface area contributed by atoms with E-state index in [1.807, 2.05) is 24.3 Å². The number of ether oxygens (including phenoxy) is 1. The number of hydrogen-bond donors (Lipinski definition) is 1. The van der Waals surface area contributed by atoms with E-state index in [-0.39, 0.29) is 12.6 Å². The maximum absolute atomic E-state index is 11.9. The lowest BCUT2D eigenvalue weighted by Crippen LogP contribution is -2.37. The van der Waals surface area contributed by atoms with Gasteiger partial charge in [0.2, 0.25) is 0 Å². The van der Waals surface area contributed by atoms with Crippen LogP contribution in [0.4, 0.5) is 10.6 Å². The molecule has 1 atom stereocenters. The molecule has 1 N–H and O–H groups in total. The molecule has 0 saturated carbocycles. The number of anilines is 1. The molecule has 1 amide bonds. The molecule has 0 radical (unpaired) electrons. The molecular formula is C16H17N7O2. The molecule has 1 aliphatic heterocycles. The normalized spacial score (nSPS) is 17.0. The minimum absolute atomic E-state index is 0.0276. The van der Waals surface area contributed by atoms with Crippen LogP contribution in [0.3, 0.4) is 0 Å². The van der Waals surface area contributed by atoms with E-state index in [0.717, 1.165) is 24.3 Å². The highest BCUT2D eigenvalue weighted by atomic mass is 16.5. The van der Waals surface area contributed by atoms with Crippen molar-refractivity contribution in [2.45, 2.75) is 19.1 Å². The molecule has 0 unspecified atom stereocenters. The number of alkyl carbamates (subject to hydrolysis) is 1. The van der Waals surface area contributed by atoms with Crippen molar-refractivity contribution >= 4 is 17.6 Å². The molecule has 1 saturated heterocycles. The Morgan fingerprint density at radius 1 is 1.36 bits per heavy atom. The van der Waals surface area contributed by atoms with E-state index in [1.165, 1.54) is 0 Å². The smallest absolute Gasteiger partial charge is 0.407 e. The third-order valence-electron chi connectivity index (χ3n) is 4.07. The van der Waals surface area contributed by atoms with E-state index >= 15 is 0 Å². The van der Waals surface area contributed by atoms with Crippen molar-refractivity contribution in [3.8, 4) is 0 Å². The Morgan fingerprint density at radius 3 is 3.20 bits per heavy atom. The lowest BCUT2D eigenvalue weighted by molar-refractivity contribution is 0.136. The summed E-state index contributed by atoms with van der Waals surface area (Å²) >= 11 is 0. The van der Waals surface area contributed by atoms with Gasteiger partial charge in [0.25, 0.3) is 0 Å². The zero-order valence-corrected chi connectivity index (χ0v) is 13.4. The number of nitrogens with one attached hydrogen (secondary N) is 1. The zero-order valence-electron chi connectivity index (χ0n) is 13.4. The maximum Gasteiger partial charge on any atom is 0.407 e. The van der Waals surface area contributed by atoms with Crippen molar-refractivity contribution < 1.29 is 9.53 Å². The second-order valence-corrected chi connectivity index (χ2v) is 5.84. The Balaban J connectivity index is 1.30. The van der Waals surface area contributed by atoms with Crippen molar-refractivity contribution in [1.29, 1.82) is 0 Å². The molecule has 1 aliphatic rings. The van der Waals surface area contributed by atoms with E-state index in [2.05, 4.69) is 30.5 Å². The maximum atomic E-state index is 11.9. The Morgan fingerprint density at radius 2 is 2.32 bits per heavy atom. The lowest BCUT2D eigenvalue weighted by atomic mass is 10.3. The number of carbonyl (C=O) groups is 1. The molecule has 9 heteroatoms. The summed E-state index contributed by atoms with van der Waals surface area (Å²) in [6.45, 7) is 1.71. The Labute approximate surface area is 143 Å². The first-order valence-electron chi connectivity index (χ1n) is 8.02. The second kappa shape index (κ2) is 6.71. The van der Waals surface area contributed by atoms with E-state index in [9.17, 15) is 4.79 Å². The van der Waals surface area contributed by atoms with Gasteiger partial charge in [0.1, 0.15) is 18.8 Å². The average molecular weight is 339 g/mol. The summed E-state index contributed by atoms with van der Waals surface area (Å²) in [4.78, 5) is 18.1. The van der Waals surface area contributed by atoms with Gasteiger partial charge in [0.05, 0.1) is 6.04 Å². The summed E-state index contributed by atoms with van der Waals surface area (Å²) in [6, 6.07) is 7.49. The molecule has 0 spiro atoms. The van der Waals surface area contributed by atoms with E-state index in [4.69, 9.17) is 4.74 Å². The number of carbonyl (C=O) groups excluding carboxylic acids is 1. The summed E-state index contributed by atoms with van der Waals surface area (Å²) < 4.78 is 6.87. The van der Waals surface area contributed by atoms with Gasteiger partial charge in [0.15, 0.2) is 5.65 Å². The van der Waals surface area contributed by atoms with E-state index in [0.29, 0.717) is 12.2 Å². The predicted octanol–water partition coefficient (Wildman–Crippen LogP) is 1.02. The lowest BCUT2D eigenvalue weighted by Gasteiger charge is -2.17. The fraction of sp³-hybridized carbons (Fsp3) is 0.312. The standard InChI is InChI=1S/C16H17N7O2/c24-16(25-10-12-2-1-6-17-8-12)19-13-5-7-22(9-13)15-4-3-14-20-18-11-23(14)21-15/h1-4,6,8,11,13H,5,7,9-10H2,(H,19,24)/t13-/m0/s1. The molecule has 4 heterocycles. The van der Waals surface area contributed by atoms with Crippen LogP contribution in [-0.4, -0.2) is 50.0 Å². The van der Waals surface area contributed by atoms with Crippen LogP contribution in [0, 0.1) is 0 Å². The van der Waals surface area contributed by atoms with Gasteiger partial charge in [-0.3, -0.25) is 4.98 Å². The van der Waals surface area contributed by atoms with Crippen molar-refractivity contribution in [3.05, 3.63) is 48.5 Å². The molecule has 4 rings (SSSR count). The van der Waals surface area contributed by atoms with Gasteiger partial charge < -0.3 is 15.0 Å². The van der Waals surface area contributed by atoms with Crippen LogP contribution in [0.15, 0.2) is 43.0 Å².